The van der Waals surface area contributed by atoms with Gasteiger partial charge >= 0.3 is 5.97 Å². The van der Waals surface area contributed by atoms with Gasteiger partial charge in [0.25, 0.3) is 0 Å². The van der Waals surface area contributed by atoms with E-state index in [0.717, 1.165) is 32.1 Å². The number of unbranched alkanes of at least 4 members (excludes halogenated alkanes) is 9. The lowest BCUT2D eigenvalue weighted by molar-refractivity contribution is -0.111. The van der Waals surface area contributed by atoms with Crippen molar-refractivity contribution in [3.05, 3.63) is 66.3 Å². The molecule has 1 aromatic carbocycles. The topological polar surface area (TPSA) is 66.4 Å². The van der Waals surface area contributed by atoms with Gasteiger partial charge in [-0.1, -0.05) is 81.5 Å². The quantitative estimate of drug-likeness (QED) is 0.153. The van der Waals surface area contributed by atoms with Crippen molar-refractivity contribution in [3.63, 3.8) is 0 Å². The maximum Gasteiger partial charge on any atom is 0.337 e. The molecule has 0 saturated heterocycles. The van der Waals surface area contributed by atoms with Gasteiger partial charge in [0.2, 0.25) is 5.91 Å². The SMILES string of the molecule is CCCCC/C=C\C/C=C\CCCCCCC/C=C/C(=O)Nc1ccccc1C(=O)O. The van der Waals surface area contributed by atoms with Crippen LogP contribution in [0.4, 0.5) is 5.69 Å². The van der Waals surface area contributed by atoms with Crippen LogP contribution in [0, 0.1) is 0 Å². The lowest BCUT2D eigenvalue weighted by Crippen LogP contribution is -2.11. The minimum atomic E-state index is -1.05. The molecule has 1 rings (SSSR count). The molecule has 4 nitrogen and oxygen atoms in total. The number of rotatable bonds is 17. The van der Waals surface area contributed by atoms with E-state index in [4.69, 9.17) is 5.11 Å². The van der Waals surface area contributed by atoms with Crippen molar-refractivity contribution in [2.75, 3.05) is 5.32 Å². The predicted molar refractivity (Wildman–Crippen MR) is 131 cm³/mol. The van der Waals surface area contributed by atoms with Gasteiger partial charge in [0, 0.05) is 0 Å². The number of carbonyl (C=O) groups is 2. The Morgan fingerprint density at radius 3 is 2.03 bits per heavy atom. The summed E-state index contributed by atoms with van der Waals surface area (Å²) in [6.07, 6.45) is 26.6. The maximum absolute atomic E-state index is 11.9. The molecule has 0 heterocycles. The number of allylic oxidation sites excluding steroid dienone is 5. The van der Waals surface area contributed by atoms with Crippen LogP contribution in [0.25, 0.3) is 0 Å². The normalized spacial score (nSPS) is 11.6. The molecule has 0 atom stereocenters. The fraction of sp³-hybridized carbons (Fsp3) is 0.481. The van der Waals surface area contributed by atoms with Crippen molar-refractivity contribution < 1.29 is 14.7 Å². The number of anilines is 1. The molecule has 0 aliphatic carbocycles. The average Bonchev–Trinajstić information content (AvgIpc) is 2.76. The maximum atomic E-state index is 11.9. The third-order valence-corrected chi connectivity index (χ3v) is 5.01. The van der Waals surface area contributed by atoms with Crippen molar-refractivity contribution in [2.45, 2.75) is 84.0 Å². The lowest BCUT2D eigenvalue weighted by Gasteiger charge is -2.05. The van der Waals surface area contributed by atoms with Crippen LogP contribution < -0.4 is 5.32 Å². The number of carboxylic acids is 1. The van der Waals surface area contributed by atoms with Gasteiger partial charge in [0.1, 0.15) is 0 Å². The first-order chi connectivity index (χ1) is 15.1. The first kappa shape index (κ1) is 26.4. The number of aromatic carboxylic acids is 1. The molecule has 0 fully saturated rings. The summed E-state index contributed by atoms with van der Waals surface area (Å²) in [6.45, 7) is 2.23. The predicted octanol–water partition coefficient (Wildman–Crippen LogP) is 7.69. The number of hydrogen-bond donors (Lipinski definition) is 2. The second kappa shape index (κ2) is 18.2. The highest BCUT2D eigenvalue weighted by molar-refractivity contribution is 6.04. The molecule has 170 valence electrons. The minimum Gasteiger partial charge on any atom is -0.478 e. The van der Waals surface area contributed by atoms with Crippen LogP contribution in [-0.2, 0) is 4.79 Å². The van der Waals surface area contributed by atoms with E-state index in [1.165, 1.54) is 57.1 Å². The molecule has 0 aliphatic rings. The van der Waals surface area contributed by atoms with Crippen LogP contribution in [0.5, 0.6) is 0 Å². The van der Waals surface area contributed by atoms with Crippen molar-refractivity contribution in [3.8, 4) is 0 Å². The third-order valence-electron chi connectivity index (χ3n) is 5.01. The van der Waals surface area contributed by atoms with E-state index >= 15 is 0 Å². The number of carboxylic acid groups (broad SMARTS) is 1. The number of hydrogen-bond acceptors (Lipinski definition) is 2. The smallest absolute Gasteiger partial charge is 0.337 e. The summed E-state index contributed by atoms with van der Waals surface area (Å²) in [7, 11) is 0. The molecule has 0 radical (unpaired) electrons. The average molecular weight is 426 g/mol. The molecular formula is C27H39NO3. The van der Waals surface area contributed by atoms with Crippen LogP contribution in [0.15, 0.2) is 60.7 Å². The van der Waals surface area contributed by atoms with Crippen molar-refractivity contribution in [1.29, 1.82) is 0 Å². The molecule has 0 bridgehead atoms. The number of para-hydroxylation sites is 1. The Hall–Kier alpha value is -2.62. The minimum absolute atomic E-state index is 0.0953. The summed E-state index contributed by atoms with van der Waals surface area (Å²) in [6, 6.07) is 6.41. The number of amides is 1. The Kier molecular flexibility index (Phi) is 15.5. The number of carbonyl (C=O) groups excluding carboxylic acids is 1. The zero-order valence-electron chi connectivity index (χ0n) is 19.0. The fourth-order valence-electron chi connectivity index (χ4n) is 3.22. The summed E-state index contributed by atoms with van der Waals surface area (Å²) < 4.78 is 0. The number of nitrogens with one attached hydrogen (secondary N) is 1. The van der Waals surface area contributed by atoms with E-state index in [1.54, 1.807) is 18.2 Å². The fourth-order valence-corrected chi connectivity index (χ4v) is 3.22. The molecular weight excluding hydrogens is 386 g/mol. The molecule has 0 aromatic heterocycles. The Balaban J connectivity index is 2.01. The van der Waals surface area contributed by atoms with Crippen LogP contribution in [0.2, 0.25) is 0 Å². The van der Waals surface area contributed by atoms with Gasteiger partial charge in [0.15, 0.2) is 0 Å². The van der Waals surface area contributed by atoms with Crippen LogP contribution in [-0.4, -0.2) is 17.0 Å². The van der Waals surface area contributed by atoms with E-state index in [9.17, 15) is 9.59 Å². The van der Waals surface area contributed by atoms with Crippen LogP contribution >= 0.6 is 0 Å². The molecule has 31 heavy (non-hydrogen) atoms. The molecule has 2 N–H and O–H groups in total. The molecule has 0 spiro atoms. The highest BCUT2D eigenvalue weighted by Gasteiger charge is 2.09. The molecule has 1 amide bonds. The standard InChI is InChI=1S/C27H39NO3/c1-2-3-4-5-6-7-8-9-10-11-12-13-14-15-16-17-18-23-26(29)28-25-22-20-19-21-24(25)27(30)31/h6-7,9-10,18-23H,2-5,8,11-17H2,1H3,(H,28,29)(H,30,31)/b7-6-,10-9-,23-18+. The van der Waals surface area contributed by atoms with Crippen molar-refractivity contribution in [1.82, 2.24) is 0 Å². The van der Waals surface area contributed by atoms with Gasteiger partial charge in [-0.25, -0.2) is 4.79 Å². The van der Waals surface area contributed by atoms with Crippen LogP contribution in [0.1, 0.15) is 94.3 Å². The Morgan fingerprint density at radius 2 is 1.39 bits per heavy atom. The third kappa shape index (κ3) is 14.1. The van der Waals surface area contributed by atoms with Gasteiger partial charge in [-0.05, 0) is 63.2 Å². The molecule has 0 unspecified atom stereocenters. The highest BCUT2D eigenvalue weighted by Crippen LogP contribution is 2.15. The Labute approximate surface area is 188 Å². The van der Waals surface area contributed by atoms with Gasteiger partial charge in [0.05, 0.1) is 11.3 Å². The number of benzene rings is 1. The summed E-state index contributed by atoms with van der Waals surface area (Å²) in [5.41, 5.74) is 0.416. The summed E-state index contributed by atoms with van der Waals surface area (Å²) in [5, 5.41) is 11.8. The lowest BCUT2D eigenvalue weighted by atomic mass is 10.1. The summed E-state index contributed by atoms with van der Waals surface area (Å²) in [5.74, 6) is -1.35. The molecule has 1 aromatic rings. The monoisotopic (exact) mass is 425 g/mol. The summed E-state index contributed by atoms with van der Waals surface area (Å²) in [4.78, 5) is 23.1. The second-order valence-corrected chi connectivity index (χ2v) is 7.76. The van der Waals surface area contributed by atoms with Gasteiger partial charge < -0.3 is 10.4 Å². The zero-order chi connectivity index (χ0) is 22.6. The van der Waals surface area contributed by atoms with E-state index in [-0.39, 0.29) is 11.5 Å². The van der Waals surface area contributed by atoms with Crippen LogP contribution in [0.3, 0.4) is 0 Å². The molecule has 0 aliphatic heterocycles. The molecule has 4 heteroatoms. The second-order valence-electron chi connectivity index (χ2n) is 7.76. The summed E-state index contributed by atoms with van der Waals surface area (Å²) >= 11 is 0. The van der Waals surface area contributed by atoms with E-state index in [2.05, 4.69) is 36.5 Å². The van der Waals surface area contributed by atoms with Crippen molar-refractivity contribution in [2.24, 2.45) is 0 Å². The van der Waals surface area contributed by atoms with Gasteiger partial charge in [-0.2, -0.15) is 0 Å². The van der Waals surface area contributed by atoms with E-state index < -0.39 is 5.97 Å². The van der Waals surface area contributed by atoms with Gasteiger partial charge in [-0.15, -0.1) is 0 Å². The largest absolute Gasteiger partial charge is 0.478 e. The zero-order valence-corrected chi connectivity index (χ0v) is 19.0. The highest BCUT2D eigenvalue weighted by atomic mass is 16.4. The Bertz CT molecular complexity index is 719. The Morgan fingerprint density at radius 1 is 0.806 bits per heavy atom. The molecule has 0 saturated carbocycles. The van der Waals surface area contributed by atoms with Crippen molar-refractivity contribution >= 4 is 17.6 Å². The van der Waals surface area contributed by atoms with E-state index in [0.29, 0.717) is 5.69 Å². The first-order valence-electron chi connectivity index (χ1n) is 11.7. The van der Waals surface area contributed by atoms with Gasteiger partial charge in [-0.3, -0.25) is 4.79 Å². The first-order valence-corrected chi connectivity index (χ1v) is 11.7. The van der Waals surface area contributed by atoms with E-state index in [1.807, 2.05) is 6.08 Å².